The number of hydrogen-bond donors (Lipinski definition) is 2. The summed E-state index contributed by atoms with van der Waals surface area (Å²) in [6, 6.07) is 7.81. The molecule has 140 valence electrons. The summed E-state index contributed by atoms with van der Waals surface area (Å²) in [7, 11) is 0. The number of rotatable bonds is 6. The Morgan fingerprint density at radius 2 is 2.12 bits per heavy atom. The third kappa shape index (κ3) is 3.85. The number of amides is 1. The molecule has 1 amide bonds. The standard InChI is InChI=1S/C18H22F2N4O2/c1-13(14-4-2-5-15(12-14)26-17(19)20)23-16(25)18(6-9-21-10-7-18)24-11-3-8-22-24/h2-5,8,11-13,17,21H,6-7,9-10H2,1H3,(H,23,25). The van der Waals surface area contributed by atoms with Crippen LogP contribution in [0.1, 0.15) is 31.4 Å². The van der Waals surface area contributed by atoms with E-state index in [0.29, 0.717) is 18.4 Å². The number of halogens is 2. The van der Waals surface area contributed by atoms with Crippen LogP contribution < -0.4 is 15.4 Å². The van der Waals surface area contributed by atoms with Crippen molar-refractivity contribution in [3.63, 3.8) is 0 Å². The number of nitrogens with one attached hydrogen (secondary N) is 2. The van der Waals surface area contributed by atoms with E-state index in [1.807, 2.05) is 6.92 Å². The fraction of sp³-hybridized carbons (Fsp3) is 0.444. The Bertz CT molecular complexity index is 731. The number of benzene rings is 1. The van der Waals surface area contributed by atoms with E-state index in [0.717, 1.165) is 13.1 Å². The van der Waals surface area contributed by atoms with Crippen LogP contribution in [-0.4, -0.2) is 35.4 Å². The molecule has 0 spiro atoms. The van der Waals surface area contributed by atoms with Gasteiger partial charge < -0.3 is 15.4 Å². The Morgan fingerprint density at radius 3 is 2.77 bits per heavy atom. The van der Waals surface area contributed by atoms with Gasteiger partial charge >= 0.3 is 6.61 Å². The molecule has 6 nitrogen and oxygen atoms in total. The summed E-state index contributed by atoms with van der Waals surface area (Å²) in [5.41, 5.74) is -0.0545. The molecule has 0 aliphatic carbocycles. The number of hydrogen-bond acceptors (Lipinski definition) is 4. The minimum absolute atomic E-state index is 0.0715. The van der Waals surface area contributed by atoms with Gasteiger partial charge in [-0.25, -0.2) is 0 Å². The predicted octanol–water partition coefficient (Wildman–Crippen LogP) is 2.44. The van der Waals surface area contributed by atoms with E-state index < -0.39 is 12.2 Å². The topological polar surface area (TPSA) is 68.2 Å². The van der Waals surface area contributed by atoms with Gasteiger partial charge in [-0.3, -0.25) is 9.48 Å². The fourth-order valence-corrected chi connectivity index (χ4v) is 3.30. The van der Waals surface area contributed by atoms with Gasteiger partial charge in [-0.15, -0.1) is 0 Å². The molecular weight excluding hydrogens is 342 g/mol. The minimum atomic E-state index is -2.88. The SMILES string of the molecule is CC(NC(=O)C1(n2cccn2)CCNCC1)c1cccc(OC(F)F)c1. The van der Waals surface area contributed by atoms with Crippen LogP contribution in [-0.2, 0) is 10.3 Å². The van der Waals surface area contributed by atoms with Crippen molar-refractivity contribution in [2.45, 2.75) is 38.0 Å². The van der Waals surface area contributed by atoms with Crippen LogP contribution in [0.5, 0.6) is 5.75 Å². The lowest BCUT2D eigenvalue weighted by atomic mass is 9.87. The fourth-order valence-electron chi connectivity index (χ4n) is 3.30. The summed E-state index contributed by atoms with van der Waals surface area (Å²) in [6.07, 6.45) is 4.71. The molecule has 1 aliphatic heterocycles. The van der Waals surface area contributed by atoms with Crippen LogP contribution in [0, 0.1) is 0 Å². The van der Waals surface area contributed by atoms with E-state index in [2.05, 4.69) is 20.5 Å². The summed E-state index contributed by atoms with van der Waals surface area (Å²) in [5.74, 6) is -0.0577. The molecule has 1 aromatic heterocycles. The molecule has 2 heterocycles. The minimum Gasteiger partial charge on any atom is -0.435 e. The van der Waals surface area contributed by atoms with Crippen LogP contribution in [0.15, 0.2) is 42.7 Å². The molecular formula is C18H22F2N4O2. The molecule has 26 heavy (non-hydrogen) atoms. The second kappa shape index (κ2) is 7.82. The van der Waals surface area contributed by atoms with E-state index in [1.54, 1.807) is 35.3 Å². The predicted molar refractivity (Wildman–Crippen MR) is 91.9 cm³/mol. The molecule has 1 aliphatic rings. The van der Waals surface area contributed by atoms with Gasteiger partial charge in [-0.05, 0) is 56.6 Å². The Hall–Kier alpha value is -2.48. The zero-order chi connectivity index (χ0) is 18.6. The third-order valence-electron chi connectivity index (χ3n) is 4.73. The first-order chi connectivity index (χ1) is 12.5. The molecule has 1 atom stereocenters. The summed E-state index contributed by atoms with van der Waals surface area (Å²) >= 11 is 0. The van der Waals surface area contributed by atoms with Gasteiger partial charge in [0.05, 0.1) is 6.04 Å². The van der Waals surface area contributed by atoms with Gasteiger partial charge in [-0.2, -0.15) is 13.9 Å². The van der Waals surface area contributed by atoms with E-state index >= 15 is 0 Å². The Morgan fingerprint density at radius 1 is 1.35 bits per heavy atom. The molecule has 1 aromatic carbocycles. The largest absolute Gasteiger partial charge is 0.435 e. The van der Waals surface area contributed by atoms with Crippen molar-refractivity contribution in [1.29, 1.82) is 0 Å². The second-order valence-electron chi connectivity index (χ2n) is 6.38. The highest BCUT2D eigenvalue weighted by Crippen LogP contribution is 2.29. The van der Waals surface area contributed by atoms with Gasteiger partial charge in [0.2, 0.25) is 5.91 Å². The molecule has 2 N–H and O–H groups in total. The maximum absolute atomic E-state index is 13.1. The first kappa shape index (κ1) is 18.3. The Balaban J connectivity index is 1.77. The number of alkyl halides is 2. The van der Waals surface area contributed by atoms with Crippen molar-refractivity contribution in [2.24, 2.45) is 0 Å². The van der Waals surface area contributed by atoms with E-state index in [4.69, 9.17) is 0 Å². The molecule has 0 radical (unpaired) electrons. The number of nitrogens with zero attached hydrogens (tertiary/aromatic N) is 2. The lowest BCUT2D eigenvalue weighted by Gasteiger charge is -2.37. The summed E-state index contributed by atoms with van der Waals surface area (Å²) in [6.45, 7) is 0.378. The molecule has 0 bridgehead atoms. The van der Waals surface area contributed by atoms with Crippen LogP contribution in [0.25, 0.3) is 0 Å². The van der Waals surface area contributed by atoms with Crippen molar-refractivity contribution in [1.82, 2.24) is 20.4 Å². The molecule has 2 aromatic rings. The van der Waals surface area contributed by atoms with Gasteiger partial charge in [0, 0.05) is 12.4 Å². The highest BCUT2D eigenvalue weighted by atomic mass is 19.3. The van der Waals surface area contributed by atoms with E-state index in [9.17, 15) is 13.6 Å². The van der Waals surface area contributed by atoms with Crippen molar-refractivity contribution in [3.05, 3.63) is 48.3 Å². The third-order valence-corrected chi connectivity index (χ3v) is 4.73. The maximum atomic E-state index is 13.1. The van der Waals surface area contributed by atoms with Crippen LogP contribution in [0.2, 0.25) is 0 Å². The number of aromatic nitrogens is 2. The van der Waals surface area contributed by atoms with Gasteiger partial charge in [-0.1, -0.05) is 12.1 Å². The van der Waals surface area contributed by atoms with Crippen LogP contribution in [0.4, 0.5) is 8.78 Å². The Labute approximate surface area is 150 Å². The average molecular weight is 364 g/mol. The molecule has 1 unspecified atom stereocenters. The maximum Gasteiger partial charge on any atom is 0.387 e. The Kier molecular flexibility index (Phi) is 5.51. The van der Waals surface area contributed by atoms with Crippen molar-refractivity contribution in [2.75, 3.05) is 13.1 Å². The van der Waals surface area contributed by atoms with Crippen molar-refractivity contribution < 1.29 is 18.3 Å². The first-order valence-corrected chi connectivity index (χ1v) is 8.58. The zero-order valence-corrected chi connectivity index (χ0v) is 14.5. The normalized spacial score (nSPS) is 17.7. The number of ether oxygens (including phenoxy) is 1. The summed E-state index contributed by atoms with van der Waals surface area (Å²) < 4.78 is 31.0. The quantitative estimate of drug-likeness (QED) is 0.826. The average Bonchev–Trinajstić information content (AvgIpc) is 3.17. The number of carbonyl (C=O) groups is 1. The summed E-state index contributed by atoms with van der Waals surface area (Å²) in [5, 5.41) is 10.5. The zero-order valence-electron chi connectivity index (χ0n) is 14.5. The lowest BCUT2D eigenvalue weighted by Crippen LogP contribution is -2.55. The van der Waals surface area contributed by atoms with Crippen molar-refractivity contribution in [3.8, 4) is 5.75 Å². The smallest absolute Gasteiger partial charge is 0.387 e. The van der Waals surface area contributed by atoms with Gasteiger partial charge in [0.1, 0.15) is 11.3 Å². The van der Waals surface area contributed by atoms with Crippen LogP contribution in [0.3, 0.4) is 0 Å². The van der Waals surface area contributed by atoms with E-state index in [1.165, 1.54) is 12.1 Å². The molecule has 8 heteroatoms. The number of piperidine rings is 1. The summed E-state index contributed by atoms with van der Waals surface area (Å²) in [4.78, 5) is 13.1. The van der Waals surface area contributed by atoms with Gasteiger partial charge in [0.25, 0.3) is 0 Å². The second-order valence-corrected chi connectivity index (χ2v) is 6.38. The molecule has 0 saturated carbocycles. The molecule has 1 fully saturated rings. The van der Waals surface area contributed by atoms with Crippen molar-refractivity contribution >= 4 is 5.91 Å². The monoisotopic (exact) mass is 364 g/mol. The highest BCUT2D eigenvalue weighted by Gasteiger charge is 2.42. The number of carbonyl (C=O) groups excluding carboxylic acids is 1. The lowest BCUT2D eigenvalue weighted by molar-refractivity contribution is -0.132. The van der Waals surface area contributed by atoms with E-state index in [-0.39, 0.29) is 17.7 Å². The molecule has 1 saturated heterocycles. The highest BCUT2D eigenvalue weighted by molar-refractivity contribution is 5.85. The van der Waals surface area contributed by atoms with Gasteiger partial charge in [0.15, 0.2) is 0 Å². The molecule has 3 rings (SSSR count). The van der Waals surface area contributed by atoms with Crippen LogP contribution >= 0.6 is 0 Å². The first-order valence-electron chi connectivity index (χ1n) is 8.58.